The summed E-state index contributed by atoms with van der Waals surface area (Å²) in [6.45, 7) is 4.63. The number of amides is 2. The van der Waals surface area contributed by atoms with Gasteiger partial charge in [-0.15, -0.1) is 5.10 Å². The van der Waals surface area contributed by atoms with Crippen molar-refractivity contribution in [1.29, 1.82) is 0 Å². The molecule has 0 aliphatic carbocycles. The number of benzene rings is 2. The summed E-state index contributed by atoms with van der Waals surface area (Å²) in [6.07, 6.45) is 1.56. The van der Waals surface area contributed by atoms with E-state index >= 15 is 0 Å². The maximum absolute atomic E-state index is 13.8. The number of alkyl halides is 3. The number of carboxylic acids is 1. The number of piperidine rings is 2. The highest BCUT2D eigenvalue weighted by molar-refractivity contribution is 6.42. The maximum atomic E-state index is 13.8. The maximum Gasteiger partial charge on any atom is 0.490 e. The van der Waals surface area contributed by atoms with E-state index < -0.39 is 12.1 Å². The predicted molar refractivity (Wildman–Crippen MR) is 174 cm³/mol. The van der Waals surface area contributed by atoms with Gasteiger partial charge in [0.2, 0.25) is 11.8 Å². The fraction of sp³-hybridized carbons (Fsp3) is 0.500. The minimum Gasteiger partial charge on any atom is -0.475 e. The van der Waals surface area contributed by atoms with Crippen molar-refractivity contribution in [3.63, 3.8) is 0 Å². The van der Waals surface area contributed by atoms with Crippen LogP contribution in [0.3, 0.4) is 0 Å². The third-order valence-electron chi connectivity index (χ3n) is 8.61. The van der Waals surface area contributed by atoms with Gasteiger partial charge in [0, 0.05) is 31.2 Å². The van der Waals surface area contributed by atoms with Gasteiger partial charge in [-0.2, -0.15) is 13.2 Å². The summed E-state index contributed by atoms with van der Waals surface area (Å²) in [4.78, 5) is 41.5. The van der Waals surface area contributed by atoms with E-state index in [1.807, 2.05) is 23.1 Å². The molecule has 2 fully saturated rings. The number of rotatable bonds is 10. The van der Waals surface area contributed by atoms with E-state index in [2.05, 4.69) is 20.4 Å². The number of hydrogen-bond acceptors (Lipinski definition) is 7. The minimum atomic E-state index is -5.08. The van der Waals surface area contributed by atoms with Gasteiger partial charge in [0.1, 0.15) is 18.7 Å². The van der Waals surface area contributed by atoms with Crippen LogP contribution >= 0.6 is 23.2 Å². The second-order valence-electron chi connectivity index (χ2n) is 12.0. The van der Waals surface area contributed by atoms with Crippen LogP contribution in [0.2, 0.25) is 10.0 Å². The lowest BCUT2D eigenvalue weighted by atomic mass is 9.90. The number of anilines is 1. The molecular formula is C32H37Cl2F4N7O4. The summed E-state index contributed by atoms with van der Waals surface area (Å²) in [5.41, 5.74) is 1.93. The van der Waals surface area contributed by atoms with E-state index in [4.69, 9.17) is 33.1 Å². The number of carboxylic acid groups (broad SMARTS) is 1. The van der Waals surface area contributed by atoms with E-state index in [1.165, 1.54) is 28.7 Å². The molecule has 3 heterocycles. The smallest absolute Gasteiger partial charge is 0.475 e. The van der Waals surface area contributed by atoms with Crippen LogP contribution in [0, 0.1) is 17.7 Å². The Labute approximate surface area is 290 Å². The van der Waals surface area contributed by atoms with Crippen molar-refractivity contribution >= 4 is 46.7 Å². The molecule has 49 heavy (non-hydrogen) atoms. The lowest BCUT2D eigenvalue weighted by Gasteiger charge is -2.35. The molecule has 2 amide bonds. The zero-order valence-corrected chi connectivity index (χ0v) is 28.0. The summed E-state index contributed by atoms with van der Waals surface area (Å²) in [6, 6.07) is 12.2. The Kier molecular flexibility index (Phi) is 13.7. The lowest BCUT2D eigenvalue weighted by Crippen LogP contribution is -2.46. The number of likely N-dealkylation sites (tertiary alicyclic amines) is 2. The molecule has 0 bridgehead atoms. The fourth-order valence-electron chi connectivity index (χ4n) is 5.93. The number of aliphatic carboxylic acids is 1. The summed E-state index contributed by atoms with van der Waals surface area (Å²) in [5.74, 6) is -2.53. The summed E-state index contributed by atoms with van der Waals surface area (Å²) < 4.78 is 46.4. The molecule has 0 unspecified atom stereocenters. The SMILES string of the molecule is O=C(Cn1cnnn1)N1CCC(C(=O)N(CCCN2CCC(Cc3ccc(F)cc3)CC2)c2ccc(Cl)c(Cl)c2)CC1.O=C(O)C(F)(F)F. The molecule has 11 nitrogen and oxygen atoms in total. The Bertz CT molecular complexity index is 1530. The molecule has 1 N–H and O–H groups in total. The van der Waals surface area contributed by atoms with Crippen molar-refractivity contribution in [3.05, 3.63) is 70.2 Å². The first kappa shape index (κ1) is 38.0. The van der Waals surface area contributed by atoms with Gasteiger partial charge in [-0.3, -0.25) is 9.59 Å². The highest BCUT2D eigenvalue weighted by Gasteiger charge is 2.38. The van der Waals surface area contributed by atoms with Crippen LogP contribution in [0.15, 0.2) is 48.8 Å². The van der Waals surface area contributed by atoms with Crippen LogP contribution in [0.4, 0.5) is 23.2 Å². The molecule has 2 aromatic carbocycles. The van der Waals surface area contributed by atoms with Gasteiger partial charge in [0.05, 0.1) is 10.0 Å². The summed E-state index contributed by atoms with van der Waals surface area (Å²) in [5, 5.41) is 18.9. The third-order valence-corrected chi connectivity index (χ3v) is 9.35. The molecule has 0 spiro atoms. The van der Waals surface area contributed by atoms with Gasteiger partial charge in [-0.05, 0) is 110 Å². The molecule has 0 saturated carbocycles. The fourth-order valence-corrected chi connectivity index (χ4v) is 6.22. The van der Waals surface area contributed by atoms with Crippen molar-refractivity contribution in [2.45, 2.75) is 51.2 Å². The van der Waals surface area contributed by atoms with Crippen LogP contribution in [0.1, 0.15) is 37.7 Å². The number of halogens is 6. The first-order valence-electron chi connectivity index (χ1n) is 15.8. The van der Waals surface area contributed by atoms with Gasteiger partial charge in [-0.25, -0.2) is 13.9 Å². The Morgan fingerprint density at radius 2 is 1.59 bits per heavy atom. The molecular weight excluding hydrogens is 693 g/mol. The van der Waals surface area contributed by atoms with E-state index in [0.717, 1.165) is 51.0 Å². The topological polar surface area (TPSA) is 125 Å². The molecule has 2 aliphatic heterocycles. The Morgan fingerprint density at radius 1 is 0.939 bits per heavy atom. The Hall–Kier alpha value is -3.82. The lowest BCUT2D eigenvalue weighted by molar-refractivity contribution is -0.192. The Balaban J connectivity index is 0.000000698. The molecule has 0 atom stereocenters. The van der Waals surface area contributed by atoms with Crippen molar-refractivity contribution in [2.75, 3.05) is 44.2 Å². The zero-order valence-electron chi connectivity index (χ0n) is 26.5. The quantitative estimate of drug-likeness (QED) is 0.277. The van der Waals surface area contributed by atoms with E-state index in [1.54, 1.807) is 17.0 Å². The van der Waals surface area contributed by atoms with Gasteiger partial charge in [-0.1, -0.05) is 35.3 Å². The molecule has 2 saturated heterocycles. The van der Waals surface area contributed by atoms with E-state index in [9.17, 15) is 27.2 Å². The minimum absolute atomic E-state index is 0.0546. The second-order valence-corrected chi connectivity index (χ2v) is 12.8. The predicted octanol–water partition coefficient (Wildman–Crippen LogP) is 5.37. The number of carbonyl (C=O) groups is 3. The van der Waals surface area contributed by atoms with Crippen LogP contribution in [-0.4, -0.2) is 98.3 Å². The van der Waals surface area contributed by atoms with Crippen molar-refractivity contribution < 1.29 is 37.1 Å². The van der Waals surface area contributed by atoms with Crippen LogP contribution in [0.25, 0.3) is 0 Å². The number of tetrazole rings is 1. The highest BCUT2D eigenvalue weighted by atomic mass is 35.5. The average Bonchev–Trinajstić information content (AvgIpc) is 3.59. The summed E-state index contributed by atoms with van der Waals surface area (Å²) >= 11 is 12.5. The molecule has 2 aliphatic rings. The molecule has 1 aromatic heterocycles. The number of nitrogens with zero attached hydrogens (tertiary/aromatic N) is 7. The van der Waals surface area contributed by atoms with Gasteiger partial charge in [0.15, 0.2) is 0 Å². The highest BCUT2D eigenvalue weighted by Crippen LogP contribution is 2.30. The van der Waals surface area contributed by atoms with Gasteiger partial charge < -0.3 is 19.8 Å². The van der Waals surface area contributed by atoms with Crippen LogP contribution in [0.5, 0.6) is 0 Å². The van der Waals surface area contributed by atoms with Crippen LogP contribution < -0.4 is 4.90 Å². The number of hydrogen-bond donors (Lipinski definition) is 1. The largest absolute Gasteiger partial charge is 0.490 e. The average molecular weight is 731 g/mol. The van der Waals surface area contributed by atoms with E-state index in [-0.39, 0.29) is 30.1 Å². The first-order valence-corrected chi connectivity index (χ1v) is 16.6. The standard InChI is InChI=1S/C30H36Cl2FN7O2.C2HF3O2/c31-27-7-6-26(19-28(27)32)40(30(42)24-10-16-38(17-11-24)29(41)20-39-21-34-35-36-39)13-1-12-37-14-8-23(9-15-37)18-22-2-4-25(33)5-3-22;3-2(4,5)1(6)7/h2-7,19,21,23-24H,1,8-18,20H2;(H,6,7). The molecule has 17 heteroatoms. The number of carbonyl (C=O) groups excluding carboxylic acids is 2. The van der Waals surface area contributed by atoms with Crippen molar-refractivity contribution in [2.24, 2.45) is 11.8 Å². The van der Waals surface area contributed by atoms with Crippen LogP contribution in [-0.2, 0) is 27.3 Å². The Morgan fingerprint density at radius 3 is 2.16 bits per heavy atom. The first-order chi connectivity index (χ1) is 23.3. The van der Waals surface area contributed by atoms with E-state index in [0.29, 0.717) is 48.4 Å². The molecule has 0 radical (unpaired) electrons. The normalized spacial score (nSPS) is 16.2. The third kappa shape index (κ3) is 11.6. The molecule has 5 rings (SSSR count). The molecule has 3 aromatic rings. The number of aromatic nitrogens is 4. The second kappa shape index (κ2) is 17.7. The van der Waals surface area contributed by atoms with Crippen molar-refractivity contribution in [1.82, 2.24) is 30.0 Å². The van der Waals surface area contributed by atoms with Crippen molar-refractivity contribution in [3.8, 4) is 0 Å². The summed E-state index contributed by atoms with van der Waals surface area (Å²) in [7, 11) is 0. The molecule has 266 valence electrons. The van der Waals surface area contributed by atoms with Gasteiger partial charge in [0.25, 0.3) is 0 Å². The zero-order chi connectivity index (χ0) is 35.6. The van der Waals surface area contributed by atoms with Gasteiger partial charge >= 0.3 is 12.1 Å². The monoisotopic (exact) mass is 729 g/mol.